The maximum atomic E-state index is 2.48. The van der Waals surface area contributed by atoms with Gasteiger partial charge in [-0.2, -0.15) is 0 Å². The van der Waals surface area contributed by atoms with E-state index in [4.69, 9.17) is 0 Å². The van der Waals surface area contributed by atoms with Gasteiger partial charge in [-0.05, 0) is 106 Å². The standard InChI is InChI=1S/C41H35N/c1-27-17-21-40-38(23-27)39-25-31(20-22-41(39)42(40)33-13-7-4-8-14-33)30-18-19-32-26-36(28(2)29-11-5-3-6-12-29)34-15-9-10-16-35(34)37(32)24-30/h3-24,28,36,39H,25-26H2,1-2H3. The first-order valence-electron chi connectivity index (χ1n) is 15.3. The zero-order valence-corrected chi connectivity index (χ0v) is 24.3. The van der Waals surface area contributed by atoms with Gasteiger partial charge in [-0.15, -0.1) is 0 Å². The van der Waals surface area contributed by atoms with Crippen molar-refractivity contribution in [1.29, 1.82) is 0 Å². The van der Waals surface area contributed by atoms with Crippen LogP contribution in [0.5, 0.6) is 0 Å². The van der Waals surface area contributed by atoms with Crippen molar-refractivity contribution in [3.63, 3.8) is 0 Å². The Morgan fingerprint density at radius 1 is 0.667 bits per heavy atom. The van der Waals surface area contributed by atoms with Crippen LogP contribution in [0.4, 0.5) is 11.4 Å². The average molecular weight is 542 g/mol. The van der Waals surface area contributed by atoms with Crippen molar-refractivity contribution in [3.05, 3.63) is 173 Å². The Hall–Kier alpha value is -4.62. The molecular weight excluding hydrogens is 506 g/mol. The zero-order chi connectivity index (χ0) is 28.2. The lowest BCUT2D eigenvalue weighted by atomic mass is 9.71. The Bertz CT molecular complexity index is 1860. The number of allylic oxidation sites excluding steroid dienone is 4. The maximum absolute atomic E-state index is 2.48. The number of rotatable bonds is 4. The van der Waals surface area contributed by atoms with Gasteiger partial charge in [0.05, 0.1) is 0 Å². The highest BCUT2D eigenvalue weighted by molar-refractivity contribution is 5.84. The molecule has 0 saturated heterocycles. The third-order valence-corrected chi connectivity index (χ3v) is 9.81. The van der Waals surface area contributed by atoms with Gasteiger partial charge in [-0.3, -0.25) is 0 Å². The molecule has 0 fully saturated rings. The number of benzene rings is 5. The molecule has 1 heterocycles. The highest BCUT2D eigenvalue weighted by Crippen LogP contribution is 2.53. The summed E-state index contributed by atoms with van der Waals surface area (Å²) in [6.07, 6.45) is 6.83. The van der Waals surface area contributed by atoms with Gasteiger partial charge in [0.2, 0.25) is 0 Å². The molecule has 3 atom stereocenters. The molecular formula is C41H35N. The molecule has 3 unspecified atom stereocenters. The fraction of sp³-hybridized carbons (Fsp3) is 0.171. The number of fused-ring (bicyclic) bond motifs is 6. The average Bonchev–Trinajstić information content (AvgIpc) is 3.37. The third kappa shape index (κ3) is 4.07. The van der Waals surface area contributed by atoms with Crippen molar-refractivity contribution >= 4 is 16.9 Å². The van der Waals surface area contributed by atoms with Crippen LogP contribution in [0, 0.1) is 6.92 Å². The first-order valence-corrected chi connectivity index (χ1v) is 15.3. The summed E-state index contributed by atoms with van der Waals surface area (Å²) < 4.78 is 0. The summed E-state index contributed by atoms with van der Waals surface area (Å²) in [6, 6.07) is 45.2. The van der Waals surface area contributed by atoms with Crippen molar-refractivity contribution in [2.75, 3.05) is 4.90 Å². The second-order valence-electron chi connectivity index (χ2n) is 12.2. The Balaban J connectivity index is 1.17. The van der Waals surface area contributed by atoms with Crippen molar-refractivity contribution in [3.8, 4) is 11.1 Å². The summed E-state index contributed by atoms with van der Waals surface area (Å²) in [7, 11) is 0. The van der Waals surface area contributed by atoms with Crippen LogP contribution in [0.25, 0.3) is 16.7 Å². The van der Waals surface area contributed by atoms with E-state index in [1.54, 1.807) is 0 Å². The molecule has 2 aliphatic carbocycles. The fourth-order valence-electron chi connectivity index (χ4n) is 7.62. The van der Waals surface area contributed by atoms with Crippen LogP contribution >= 0.6 is 0 Å². The van der Waals surface area contributed by atoms with Crippen LogP contribution in [0.1, 0.15) is 64.5 Å². The van der Waals surface area contributed by atoms with Crippen LogP contribution in [0.15, 0.2) is 139 Å². The van der Waals surface area contributed by atoms with E-state index in [2.05, 4.69) is 152 Å². The first kappa shape index (κ1) is 25.1. The SMILES string of the molecule is Cc1ccc2c(c1)C1CC(c3ccc4c(c3)-c3ccccc3C(C(C)c3ccccc3)C4)=CC=C1N2c1ccccc1. The number of nitrogens with zero attached hydrogens (tertiary/aromatic N) is 1. The van der Waals surface area contributed by atoms with Gasteiger partial charge in [0.1, 0.15) is 0 Å². The normalized spacial score (nSPS) is 19.1. The first-order chi connectivity index (χ1) is 20.7. The molecule has 8 rings (SSSR count). The van der Waals surface area contributed by atoms with Crippen LogP contribution < -0.4 is 4.90 Å². The van der Waals surface area contributed by atoms with E-state index in [9.17, 15) is 0 Å². The molecule has 0 amide bonds. The van der Waals surface area contributed by atoms with Crippen LogP contribution in [0.2, 0.25) is 0 Å². The summed E-state index contributed by atoms with van der Waals surface area (Å²) in [6.45, 7) is 4.61. The topological polar surface area (TPSA) is 3.24 Å². The summed E-state index contributed by atoms with van der Waals surface area (Å²) in [5, 5.41) is 0. The fourth-order valence-corrected chi connectivity index (χ4v) is 7.62. The minimum Gasteiger partial charge on any atom is -0.313 e. The van der Waals surface area contributed by atoms with Crippen molar-refractivity contribution in [2.45, 2.75) is 44.4 Å². The molecule has 0 aromatic heterocycles. The lowest BCUT2D eigenvalue weighted by molar-refractivity contribution is 0.568. The summed E-state index contributed by atoms with van der Waals surface area (Å²) in [5.41, 5.74) is 16.6. The highest BCUT2D eigenvalue weighted by atomic mass is 15.2. The van der Waals surface area contributed by atoms with E-state index < -0.39 is 0 Å². The van der Waals surface area contributed by atoms with Gasteiger partial charge in [0, 0.05) is 23.0 Å². The second-order valence-corrected chi connectivity index (χ2v) is 12.2. The number of aryl methyl sites for hydroxylation is 1. The molecule has 204 valence electrons. The molecule has 0 bridgehead atoms. The lowest BCUT2D eigenvalue weighted by Crippen LogP contribution is -2.17. The van der Waals surface area contributed by atoms with Crippen molar-refractivity contribution in [1.82, 2.24) is 0 Å². The number of hydrogen-bond donors (Lipinski definition) is 0. The van der Waals surface area contributed by atoms with Crippen LogP contribution in [-0.4, -0.2) is 0 Å². The van der Waals surface area contributed by atoms with E-state index in [-0.39, 0.29) is 0 Å². The van der Waals surface area contributed by atoms with E-state index in [1.165, 1.54) is 67.2 Å². The Morgan fingerprint density at radius 3 is 2.26 bits per heavy atom. The highest BCUT2D eigenvalue weighted by Gasteiger charge is 2.37. The number of anilines is 2. The van der Waals surface area contributed by atoms with Crippen molar-refractivity contribution in [2.24, 2.45) is 0 Å². The molecule has 5 aromatic rings. The predicted molar refractivity (Wildman–Crippen MR) is 176 cm³/mol. The molecule has 42 heavy (non-hydrogen) atoms. The van der Waals surface area contributed by atoms with Crippen molar-refractivity contribution < 1.29 is 0 Å². The molecule has 0 radical (unpaired) electrons. The number of hydrogen-bond acceptors (Lipinski definition) is 1. The summed E-state index contributed by atoms with van der Waals surface area (Å²) >= 11 is 0. The van der Waals surface area contributed by atoms with Gasteiger partial charge in [-0.1, -0.05) is 116 Å². The van der Waals surface area contributed by atoms with Gasteiger partial charge in [0.25, 0.3) is 0 Å². The lowest BCUT2D eigenvalue weighted by Gasteiger charge is -2.33. The van der Waals surface area contributed by atoms with Gasteiger partial charge in [0.15, 0.2) is 0 Å². The maximum Gasteiger partial charge on any atom is 0.0497 e. The van der Waals surface area contributed by atoms with E-state index in [1.807, 2.05) is 0 Å². The molecule has 0 N–H and O–H groups in total. The monoisotopic (exact) mass is 541 g/mol. The van der Waals surface area contributed by atoms with E-state index in [0.29, 0.717) is 17.8 Å². The Morgan fingerprint density at radius 2 is 1.43 bits per heavy atom. The van der Waals surface area contributed by atoms with Gasteiger partial charge < -0.3 is 4.90 Å². The molecule has 1 nitrogen and oxygen atoms in total. The smallest absolute Gasteiger partial charge is 0.0497 e. The van der Waals surface area contributed by atoms with Crippen LogP contribution in [0.3, 0.4) is 0 Å². The summed E-state index contributed by atoms with van der Waals surface area (Å²) in [4.78, 5) is 2.46. The minimum atomic E-state index is 0.361. The quantitative estimate of drug-likeness (QED) is 0.219. The zero-order valence-electron chi connectivity index (χ0n) is 24.3. The van der Waals surface area contributed by atoms with E-state index in [0.717, 1.165) is 12.8 Å². The Kier molecular flexibility index (Phi) is 6.00. The largest absolute Gasteiger partial charge is 0.313 e. The molecule has 5 aromatic carbocycles. The minimum absolute atomic E-state index is 0.361. The van der Waals surface area contributed by atoms with Gasteiger partial charge in [-0.25, -0.2) is 0 Å². The molecule has 0 saturated carbocycles. The summed E-state index contributed by atoms with van der Waals surface area (Å²) in [5.74, 6) is 1.30. The Labute approximate surface area is 249 Å². The second kappa shape index (κ2) is 10.0. The van der Waals surface area contributed by atoms with Gasteiger partial charge >= 0.3 is 0 Å². The predicted octanol–water partition coefficient (Wildman–Crippen LogP) is 10.7. The molecule has 3 aliphatic rings. The van der Waals surface area contributed by atoms with E-state index >= 15 is 0 Å². The van der Waals surface area contributed by atoms with Crippen LogP contribution in [-0.2, 0) is 6.42 Å². The molecule has 1 aliphatic heterocycles. The molecule has 1 heteroatoms. The third-order valence-electron chi connectivity index (χ3n) is 9.81. The number of para-hydroxylation sites is 1. The molecule has 0 spiro atoms.